The maximum atomic E-state index is 13.9. The number of benzene rings is 2. The van der Waals surface area contributed by atoms with Gasteiger partial charge in [0.15, 0.2) is 0 Å². The molecule has 0 fully saturated rings. The quantitative estimate of drug-likeness (QED) is 0.157. The standard InChI is InChI=1S/C28H37ClN2O6S.2Na/c1-30-24-13-9-8-12-22(24)28(23-17-16-21(29)20-25(23)38(30,36)37)31(18-10-4-2-6-14-26(32)33)19-11-5-3-7-15-27(34)35;;/h8-9,12-13,16-17,20,28H,2-7,10-11,14-15,18-19H2,1H3,(H,32,33)(H,34,35);;/q;2*+1/p-2/i2D2,4D2,6D2,10D2,14D2,18D2;;. The van der Waals surface area contributed by atoms with Gasteiger partial charge in [-0.25, -0.2) is 8.42 Å². The number of carboxylic acid groups (broad SMARTS) is 2. The number of aliphatic carboxylic acids is 2. The number of anilines is 1. The van der Waals surface area contributed by atoms with Crippen molar-refractivity contribution >= 4 is 39.3 Å². The molecular weight excluding hydrogens is 574 g/mol. The Bertz CT molecular complexity index is 1740. The molecule has 208 valence electrons. The molecule has 0 radical (unpaired) electrons. The normalized spacial score (nSPS) is 21.9. The molecule has 0 amide bonds. The van der Waals surface area contributed by atoms with Gasteiger partial charge in [-0.05, 0) is 80.7 Å². The van der Waals surface area contributed by atoms with Gasteiger partial charge in [-0.2, -0.15) is 0 Å². The van der Waals surface area contributed by atoms with E-state index in [0.717, 1.165) is 15.3 Å². The van der Waals surface area contributed by atoms with Gasteiger partial charge in [0.1, 0.15) is 0 Å². The molecule has 3 rings (SSSR count). The van der Waals surface area contributed by atoms with Crippen molar-refractivity contribution in [3.8, 4) is 0 Å². The Morgan fingerprint density at radius 2 is 1.62 bits per heavy atom. The minimum Gasteiger partial charge on any atom is -0.550 e. The largest absolute Gasteiger partial charge is 1.00 e. The van der Waals surface area contributed by atoms with Crippen LogP contribution in [0.4, 0.5) is 5.69 Å². The van der Waals surface area contributed by atoms with Gasteiger partial charge in [-0.1, -0.05) is 61.5 Å². The van der Waals surface area contributed by atoms with Crippen LogP contribution in [0.1, 0.15) is 97.6 Å². The molecule has 1 heterocycles. The minimum atomic E-state index is -4.42. The van der Waals surface area contributed by atoms with Gasteiger partial charge in [-0.15, -0.1) is 0 Å². The van der Waals surface area contributed by atoms with Gasteiger partial charge < -0.3 is 19.8 Å². The topological polar surface area (TPSA) is 121 Å². The first-order valence-corrected chi connectivity index (χ1v) is 13.5. The molecular formula is C28H35ClN2Na2O6S. The zero-order valence-electron chi connectivity index (χ0n) is 34.5. The molecule has 0 saturated heterocycles. The first kappa shape index (κ1) is 22.0. The van der Waals surface area contributed by atoms with Gasteiger partial charge >= 0.3 is 59.1 Å². The summed E-state index contributed by atoms with van der Waals surface area (Å²) < 4.78 is 130. The Labute approximate surface area is 304 Å². The Morgan fingerprint density at radius 3 is 2.33 bits per heavy atom. The van der Waals surface area contributed by atoms with Crippen LogP contribution in [0.5, 0.6) is 0 Å². The first-order valence-electron chi connectivity index (χ1n) is 17.7. The first-order chi connectivity index (χ1) is 22.6. The third-order valence-corrected chi connectivity index (χ3v) is 7.93. The number of nitrogens with zero attached hydrogens (tertiary/aromatic N) is 2. The fourth-order valence-corrected chi connectivity index (χ4v) is 5.85. The fraction of sp³-hybridized carbons (Fsp3) is 0.500. The number of para-hydroxylation sites is 1. The Balaban J connectivity index is 0.00000676. The SMILES string of the molecule is [2H]C([2H])(C(=O)[O-])C([2H])([2H])C([2H])([2H])C([2H])([2H])C([2H])([2H])C([2H])([2H])N(CCCCCCC(=O)[O-])C1c2ccccc2N(C)S(=O)(=O)c2cc(Cl)ccc21.[Na+].[Na+]. The molecule has 1 unspecified atom stereocenters. The molecule has 0 aliphatic carbocycles. The van der Waals surface area contributed by atoms with Gasteiger partial charge in [0, 0.05) is 40.5 Å². The monoisotopic (exact) mass is 620 g/mol. The van der Waals surface area contributed by atoms with Crippen molar-refractivity contribution in [3.63, 3.8) is 0 Å². The van der Waals surface area contributed by atoms with E-state index >= 15 is 0 Å². The van der Waals surface area contributed by atoms with Crippen LogP contribution in [-0.4, -0.2) is 45.3 Å². The average molecular weight is 621 g/mol. The molecule has 2 aromatic carbocycles. The summed E-state index contributed by atoms with van der Waals surface area (Å²) in [6, 6.07) is 7.88. The molecule has 12 heteroatoms. The van der Waals surface area contributed by atoms with Crippen molar-refractivity contribution in [1.82, 2.24) is 4.90 Å². The predicted octanol–water partition coefficient (Wildman–Crippen LogP) is -2.72. The summed E-state index contributed by atoms with van der Waals surface area (Å²) in [5.74, 6) is -4.06. The van der Waals surface area contributed by atoms with Crippen molar-refractivity contribution in [3.05, 3.63) is 58.6 Å². The van der Waals surface area contributed by atoms with E-state index in [1.807, 2.05) is 0 Å². The number of carboxylic acids is 2. The zero-order valence-corrected chi connectivity index (χ0v) is 28.1. The molecule has 8 nitrogen and oxygen atoms in total. The third-order valence-electron chi connectivity index (χ3n) is 5.87. The van der Waals surface area contributed by atoms with Gasteiger partial charge in [0.2, 0.25) is 0 Å². The number of carbonyl (C=O) groups excluding carboxylic acids is 2. The van der Waals surface area contributed by atoms with Crippen LogP contribution < -0.4 is 73.6 Å². The maximum Gasteiger partial charge on any atom is 1.00 e. The van der Waals surface area contributed by atoms with Crippen molar-refractivity contribution < 1.29 is 104 Å². The van der Waals surface area contributed by atoms with Crippen LogP contribution in [0.2, 0.25) is 5.02 Å². The fourth-order valence-electron chi connectivity index (χ4n) is 4.14. The molecule has 0 aromatic heterocycles. The minimum absolute atomic E-state index is 0. The average Bonchev–Trinajstić information content (AvgIpc) is 3.07. The Kier molecular flexibility index (Phi) is 9.96. The van der Waals surface area contributed by atoms with Crippen LogP contribution in [0.3, 0.4) is 0 Å². The number of hydrogen-bond donors (Lipinski definition) is 0. The number of rotatable bonds is 15. The van der Waals surface area contributed by atoms with Gasteiger partial charge in [0.25, 0.3) is 10.0 Å². The van der Waals surface area contributed by atoms with Crippen LogP contribution in [0, 0.1) is 0 Å². The molecule has 1 aliphatic heterocycles. The summed E-state index contributed by atoms with van der Waals surface area (Å²) in [6.45, 7) is -4.21. The van der Waals surface area contributed by atoms with Crippen molar-refractivity contribution in [2.24, 2.45) is 0 Å². The molecule has 0 saturated carbocycles. The van der Waals surface area contributed by atoms with Crippen molar-refractivity contribution in [1.29, 1.82) is 0 Å². The molecule has 1 atom stereocenters. The van der Waals surface area contributed by atoms with E-state index in [0.29, 0.717) is 0 Å². The Hall–Kier alpha value is -0.620. The maximum absolute atomic E-state index is 13.9. The smallest absolute Gasteiger partial charge is 0.550 e. The van der Waals surface area contributed by atoms with E-state index in [1.54, 1.807) is 0 Å². The number of halogens is 1. The van der Waals surface area contributed by atoms with Gasteiger partial charge in [-0.3, -0.25) is 9.21 Å². The van der Waals surface area contributed by atoms with E-state index in [1.165, 1.54) is 43.4 Å². The van der Waals surface area contributed by atoms with E-state index in [2.05, 4.69) is 0 Å². The summed E-state index contributed by atoms with van der Waals surface area (Å²) in [4.78, 5) is 22.7. The Morgan fingerprint density at radius 1 is 0.950 bits per heavy atom. The van der Waals surface area contributed by atoms with Crippen LogP contribution in [-0.2, 0) is 19.6 Å². The number of unbranched alkanes of at least 4 members (excludes halogenated alkanes) is 3. The summed E-state index contributed by atoms with van der Waals surface area (Å²) in [6.07, 6.45) is -21.1. The van der Waals surface area contributed by atoms with Crippen LogP contribution in [0.15, 0.2) is 47.4 Å². The van der Waals surface area contributed by atoms with Crippen molar-refractivity contribution in [2.75, 3.05) is 24.4 Å². The van der Waals surface area contributed by atoms with E-state index in [-0.39, 0.29) is 113 Å². The summed E-state index contributed by atoms with van der Waals surface area (Å²) >= 11 is 6.19. The molecule has 1 aliphatic rings. The summed E-state index contributed by atoms with van der Waals surface area (Å²) in [5.41, 5.74) is -0.0320. The second kappa shape index (κ2) is 18.1. The second-order valence-electron chi connectivity index (χ2n) is 8.37. The van der Waals surface area contributed by atoms with E-state index in [4.69, 9.17) is 25.3 Å². The molecule has 0 N–H and O–H groups in total. The zero-order chi connectivity index (χ0) is 38.5. The number of sulfonamides is 1. The molecule has 40 heavy (non-hydrogen) atoms. The number of fused-ring (bicyclic) bond motifs is 2. The van der Waals surface area contributed by atoms with Gasteiger partial charge in [0.05, 0.1) is 16.6 Å². The van der Waals surface area contributed by atoms with Crippen molar-refractivity contribution in [2.45, 2.75) is 74.9 Å². The number of carbonyl (C=O) groups is 2. The number of hydrogen-bond acceptors (Lipinski definition) is 7. The molecule has 0 bridgehead atoms. The molecule has 2 aromatic rings. The van der Waals surface area contributed by atoms with E-state index < -0.39 is 77.8 Å². The van der Waals surface area contributed by atoms with Crippen LogP contribution in [0.25, 0.3) is 0 Å². The van der Waals surface area contributed by atoms with Crippen LogP contribution >= 0.6 is 11.6 Å². The third kappa shape index (κ3) is 10.3. The second-order valence-corrected chi connectivity index (χ2v) is 10.7. The summed E-state index contributed by atoms with van der Waals surface area (Å²) in [7, 11) is -3.20. The summed E-state index contributed by atoms with van der Waals surface area (Å²) in [5, 5.41) is 22.4. The van der Waals surface area contributed by atoms with E-state index in [9.17, 15) is 31.0 Å². The predicted molar refractivity (Wildman–Crippen MR) is 143 cm³/mol. The molecule has 0 spiro atoms.